The number of phenols is 1. The van der Waals surface area contributed by atoms with Crippen molar-refractivity contribution in [1.29, 1.82) is 0 Å². The van der Waals surface area contributed by atoms with Crippen LogP contribution >= 0.6 is 0 Å². The topological polar surface area (TPSA) is 74.6 Å². The van der Waals surface area contributed by atoms with E-state index in [1.165, 1.54) is 44.6 Å². The largest absolute Gasteiger partial charge is 0.507 e. The van der Waals surface area contributed by atoms with Crippen molar-refractivity contribution in [2.24, 2.45) is 0 Å². The van der Waals surface area contributed by atoms with Gasteiger partial charge in [0.05, 0.1) is 0 Å². The number of hydrogen-bond acceptors (Lipinski definition) is 3. The molecule has 0 fully saturated rings. The van der Waals surface area contributed by atoms with Gasteiger partial charge >= 0.3 is 5.97 Å². The minimum absolute atomic E-state index is 0.000413. The summed E-state index contributed by atoms with van der Waals surface area (Å²) >= 11 is 0. The van der Waals surface area contributed by atoms with Crippen LogP contribution in [0.15, 0.2) is 36.4 Å². The van der Waals surface area contributed by atoms with E-state index in [-0.39, 0.29) is 11.3 Å². The van der Waals surface area contributed by atoms with E-state index in [2.05, 4.69) is 6.92 Å². The van der Waals surface area contributed by atoms with Crippen molar-refractivity contribution < 1.29 is 19.8 Å². The SMILES string of the molecule is CCCCCCCCCc1ccc(O)c(C(=O)O)c1.Cc1cccc(C)c1C=O. The van der Waals surface area contributed by atoms with Crippen LogP contribution in [0.4, 0.5) is 0 Å². The van der Waals surface area contributed by atoms with E-state index in [0.29, 0.717) is 0 Å². The number of carbonyl (C=O) groups is 2. The highest BCUT2D eigenvalue weighted by Gasteiger charge is 2.09. The van der Waals surface area contributed by atoms with Crippen LogP contribution in [0.1, 0.15) is 89.3 Å². The number of aldehydes is 1. The van der Waals surface area contributed by atoms with Crippen molar-refractivity contribution in [3.8, 4) is 5.75 Å². The second-order valence-electron chi connectivity index (χ2n) is 7.45. The highest BCUT2D eigenvalue weighted by atomic mass is 16.4. The van der Waals surface area contributed by atoms with Crippen molar-refractivity contribution in [3.63, 3.8) is 0 Å². The van der Waals surface area contributed by atoms with Crippen LogP contribution in [0.5, 0.6) is 5.75 Å². The van der Waals surface area contributed by atoms with E-state index in [0.717, 1.165) is 41.4 Å². The second kappa shape index (κ2) is 13.5. The highest BCUT2D eigenvalue weighted by Crippen LogP contribution is 2.20. The van der Waals surface area contributed by atoms with Gasteiger partial charge in [0, 0.05) is 5.56 Å². The first-order chi connectivity index (χ1) is 13.9. The molecule has 0 unspecified atom stereocenters. The van der Waals surface area contributed by atoms with Crippen molar-refractivity contribution in [2.45, 2.75) is 72.1 Å². The Kier molecular flexibility index (Phi) is 11.4. The summed E-state index contributed by atoms with van der Waals surface area (Å²) in [6, 6.07) is 10.7. The number of carbonyl (C=O) groups excluding carboxylic acids is 1. The minimum Gasteiger partial charge on any atom is -0.507 e. The molecule has 0 aliphatic carbocycles. The molecular formula is C25H34O4. The Balaban J connectivity index is 0.000000352. The zero-order valence-electron chi connectivity index (χ0n) is 17.9. The van der Waals surface area contributed by atoms with E-state index in [4.69, 9.17) is 5.11 Å². The lowest BCUT2D eigenvalue weighted by Crippen LogP contribution is -1.98. The van der Waals surface area contributed by atoms with E-state index < -0.39 is 5.97 Å². The summed E-state index contributed by atoms with van der Waals surface area (Å²) < 4.78 is 0. The molecule has 158 valence electrons. The van der Waals surface area contributed by atoms with Crippen LogP contribution in [0.2, 0.25) is 0 Å². The third kappa shape index (κ3) is 8.95. The summed E-state index contributed by atoms with van der Waals surface area (Å²) in [7, 11) is 0. The number of carboxylic acid groups (broad SMARTS) is 1. The lowest BCUT2D eigenvalue weighted by molar-refractivity contribution is 0.0693. The highest BCUT2D eigenvalue weighted by molar-refractivity contribution is 5.90. The van der Waals surface area contributed by atoms with Gasteiger partial charge in [-0.25, -0.2) is 4.79 Å². The lowest BCUT2D eigenvalue weighted by Gasteiger charge is -2.05. The Hall–Kier alpha value is -2.62. The zero-order chi connectivity index (χ0) is 21.6. The normalized spacial score (nSPS) is 10.2. The molecule has 2 N–H and O–H groups in total. The van der Waals surface area contributed by atoms with Gasteiger partial charge < -0.3 is 10.2 Å². The maximum atomic E-state index is 10.9. The smallest absolute Gasteiger partial charge is 0.339 e. The number of unbranched alkanes of at least 4 members (excludes halogenated alkanes) is 6. The Morgan fingerprint density at radius 1 is 0.931 bits per heavy atom. The fraction of sp³-hybridized carbons (Fsp3) is 0.440. The van der Waals surface area contributed by atoms with E-state index in [1.807, 2.05) is 32.0 Å². The first-order valence-electron chi connectivity index (χ1n) is 10.5. The monoisotopic (exact) mass is 398 g/mol. The van der Waals surface area contributed by atoms with E-state index in [9.17, 15) is 14.7 Å². The van der Waals surface area contributed by atoms with E-state index in [1.54, 1.807) is 12.1 Å². The molecule has 2 aromatic rings. The van der Waals surface area contributed by atoms with Crippen LogP contribution < -0.4 is 0 Å². The molecule has 0 aromatic heterocycles. The number of rotatable bonds is 10. The molecule has 0 amide bonds. The molecule has 4 heteroatoms. The number of hydrogen-bond donors (Lipinski definition) is 2. The number of carboxylic acids is 1. The molecular weight excluding hydrogens is 364 g/mol. The van der Waals surface area contributed by atoms with Crippen LogP contribution in [-0.4, -0.2) is 22.5 Å². The fourth-order valence-corrected chi connectivity index (χ4v) is 3.21. The predicted octanol–water partition coefficient (Wildman–Crippen LogP) is 6.50. The van der Waals surface area contributed by atoms with Crippen molar-refractivity contribution in [2.75, 3.05) is 0 Å². The average Bonchev–Trinajstić information content (AvgIpc) is 2.69. The molecule has 0 saturated heterocycles. The Labute approximate surface area is 174 Å². The summed E-state index contributed by atoms with van der Waals surface area (Å²) in [5.41, 5.74) is 3.91. The lowest BCUT2D eigenvalue weighted by atomic mass is 10.0. The molecule has 2 aromatic carbocycles. The third-order valence-electron chi connectivity index (χ3n) is 5.02. The predicted molar refractivity (Wildman–Crippen MR) is 118 cm³/mol. The summed E-state index contributed by atoms with van der Waals surface area (Å²) in [5, 5.41) is 18.3. The molecule has 0 aliphatic rings. The Morgan fingerprint density at radius 3 is 2.03 bits per heavy atom. The standard InChI is InChI=1S/C16H24O3.C9H10O/c1-2-3-4-5-6-7-8-9-13-10-11-15(17)14(12-13)16(18)19;1-7-4-3-5-8(2)9(7)6-10/h10-12,17H,2-9H2,1H3,(H,18,19);3-6H,1-2H3. The van der Waals surface area contributed by atoms with Crippen molar-refractivity contribution >= 4 is 12.3 Å². The molecule has 0 heterocycles. The summed E-state index contributed by atoms with van der Waals surface area (Å²) in [6.07, 6.45) is 10.5. The number of aryl methyl sites for hydroxylation is 3. The van der Waals surface area contributed by atoms with Gasteiger partial charge in [-0.15, -0.1) is 0 Å². The first kappa shape index (κ1) is 24.4. The van der Waals surface area contributed by atoms with Gasteiger partial charge in [-0.05, 0) is 55.5 Å². The Morgan fingerprint density at radius 2 is 1.52 bits per heavy atom. The number of benzene rings is 2. The van der Waals surface area contributed by atoms with Crippen LogP contribution in [-0.2, 0) is 6.42 Å². The minimum atomic E-state index is -1.07. The molecule has 4 nitrogen and oxygen atoms in total. The molecule has 29 heavy (non-hydrogen) atoms. The zero-order valence-corrected chi connectivity index (χ0v) is 17.9. The van der Waals surface area contributed by atoms with Gasteiger partial charge in [-0.3, -0.25) is 4.79 Å². The second-order valence-corrected chi connectivity index (χ2v) is 7.45. The number of aromatic hydroxyl groups is 1. The van der Waals surface area contributed by atoms with Gasteiger partial charge in [0.25, 0.3) is 0 Å². The van der Waals surface area contributed by atoms with Crippen LogP contribution in [0.3, 0.4) is 0 Å². The van der Waals surface area contributed by atoms with Crippen LogP contribution in [0.25, 0.3) is 0 Å². The summed E-state index contributed by atoms with van der Waals surface area (Å²) in [4.78, 5) is 21.3. The summed E-state index contributed by atoms with van der Waals surface area (Å²) in [5.74, 6) is -1.23. The fourth-order valence-electron chi connectivity index (χ4n) is 3.21. The molecule has 0 aliphatic heterocycles. The van der Waals surface area contributed by atoms with Gasteiger partial charge in [0.15, 0.2) is 6.29 Å². The van der Waals surface area contributed by atoms with Crippen molar-refractivity contribution in [1.82, 2.24) is 0 Å². The number of aromatic carboxylic acids is 1. The van der Waals surface area contributed by atoms with E-state index >= 15 is 0 Å². The van der Waals surface area contributed by atoms with Crippen LogP contribution in [0, 0.1) is 13.8 Å². The average molecular weight is 399 g/mol. The maximum absolute atomic E-state index is 10.9. The molecule has 0 atom stereocenters. The summed E-state index contributed by atoms with van der Waals surface area (Å²) in [6.45, 7) is 6.10. The molecule has 2 rings (SSSR count). The Bertz CT molecular complexity index is 760. The first-order valence-corrected chi connectivity index (χ1v) is 10.5. The molecule has 0 radical (unpaired) electrons. The third-order valence-corrected chi connectivity index (χ3v) is 5.02. The maximum Gasteiger partial charge on any atom is 0.339 e. The van der Waals surface area contributed by atoms with Gasteiger partial charge in [-0.1, -0.05) is 69.7 Å². The van der Waals surface area contributed by atoms with Gasteiger partial charge in [0.2, 0.25) is 0 Å². The van der Waals surface area contributed by atoms with Gasteiger partial charge in [0.1, 0.15) is 11.3 Å². The van der Waals surface area contributed by atoms with Gasteiger partial charge in [-0.2, -0.15) is 0 Å². The van der Waals surface area contributed by atoms with Crippen molar-refractivity contribution in [3.05, 3.63) is 64.2 Å². The molecule has 0 spiro atoms. The quantitative estimate of drug-likeness (QED) is 0.354. The molecule has 0 saturated carbocycles. The molecule has 0 bridgehead atoms.